The zero-order valence-electron chi connectivity index (χ0n) is 21.0. The van der Waals surface area contributed by atoms with E-state index in [1.807, 2.05) is 62.6 Å². The number of nitrogens with one attached hydrogen (secondary N) is 1. The van der Waals surface area contributed by atoms with Gasteiger partial charge in [-0.05, 0) is 62.0 Å². The molecule has 4 rings (SSSR count). The highest BCUT2D eigenvalue weighted by atomic mass is 16.5. The molecule has 0 saturated carbocycles. The molecule has 0 saturated heterocycles. The van der Waals surface area contributed by atoms with Crippen LogP contribution in [-0.2, 0) is 22.5 Å². The maximum absolute atomic E-state index is 12.0. The number of ether oxygens (including phenoxy) is 1. The van der Waals surface area contributed by atoms with Crippen molar-refractivity contribution in [3.05, 3.63) is 94.5 Å². The first-order valence-electron chi connectivity index (χ1n) is 11.8. The SMILES string of the molecule is COC(=O)c1ccc2c(C(=Nc3ccc(CN(C)C)cc3)c3cccc(CCC(=O)O)c3)c(O)[nH]c2c1. The van der Waals surface area contributed by atoms with Gasteiger partial charge < -0.3 is 24.8 Å². The van der Waals surface area contributed by atoms with Gasteiger partial charge in [-0.3, -0.25) is 4.79 Å². The first kappa shape index (κ1) is 25.7. The highest BCUT2D eigenvalue weighted by Crippen LogP contribution is 2.32. The summed E-state index contributed by atoms with van der Waals surface area (Å²) < 4.78 is 4.82. The Hall–Kier alpha value is -4.43. The van der Waals surface area contributed by atoms with Gasteiger partial charge in [0.25, 0.3) is 0 Å². The third kappa shape index (κ3) is 6.05. The van der Waals surface area contributed by atoms with Gasteiger partial charge >= 0.3 is 11.9 Å². The van der Waals surface area contributed by atoms with E-state index in [0.717, 1.165) is 23.2 Å². The maximum atomic E-state index is 12.0. The minimum absolute atomic E-state index is 0.0118. The van der Waals surface area contributed by atoms with Crippen molar-refractivity contribution in [1.82, 2.24) is 9.88 Å². The number of aromatic nitrogens is 1. The number of methoxy groups -OCH3 is 1. The molecule has 8 heteroatoms. The number of carboxylic acid groups (broad SMARTS) is 1. The summed E-state index contributed by atoms with van der Waals surface area (Å²) in [6, 6.07) is 20.4. The Morgan fingerprint density at radius 3 is 2.41 bits per heavy atom. The van der Waals surface area contributed by atoms with E-state index in [9.17, 15) is 14.7 Å². The number of nitrogens with zero attached hydrogens (tertiary/aromatic N) is 2. The predicted molar refractivity (Wildman–Crippen MR) is 143 cm³/mol. The van der Waals surface area contributed by atoms with Gasteiger partial charge in [-0.15, -0.1) is 0 Å². The molecule has 0 radical (unpaired) electrons. The van der Waals surface area contributed by atoms with Gasteiger partial charge in [0.2, 0.25) is 0 Å². The number of benzene rings is 3. The van der Waals surface area contributed by atoms with Gasteiger partial charge in [-0.25, -0.2) is 9.79 Å². The summed E-state index contributed by atoms with van der Waals surface area (Å²) in [5.74, 6) is -1.43. The number of H-pyrrole nitrogens is 1. The zero-order valence-corrected chi connectivity index (χ0v) is 21.0. The highest BCUT2D eigenvalue weighted by Gasteiger charge is 2.20. The fourth-order valence-electron chi connectivity index (χ4n) is 4.23. The van der Waals surface area contributed by atoms with Gasteiger partial charge in [0, 0.05) is 29.4 Å². The summed E-state index contributed by atoms with van der Waals surface area (Å²) in [6.07, 6.45) is 0.385. The van der Waals surface area contributed by atoms with Gasteiger partial charge in [0.15, 0.2) is 5.88 Å². The van der Waals surface area contributed by atoms with E-state index < -0.39 is 11.9 Å². The summed E-state index contributed by atoms with van der Waals surface area (Å²) >= 11 is 0. The summed E-state index contributed by atoms with van der Waals surface area (Å²) in [5.41, 5.74) is 5.35. The van der Waals surface area contributed by atoms with Crippen molar-refractivity contribution in [2.45, 2.75) is 19.4 Å². The number of carboxylic acids is 1. The highest BCUT2D eigenvalue weighted by molar-refractivity contribution is 6.22. The first-order chi connectivity index (χ1) is 17.7. The van der Waals surface area contributed by atoms with E-state index in [2.05, 4.69) is 9.88 Å². The Labute approximate surface area is 214 Å². The molecule has 0 atom stereocenters. The molecule has 0 spiro atoms. The Bertz CT molecular complexity index is 1470. The smallest absolute Gasteiger partial charge is 0.337 e. The number of hydrogen-bond donors (Lipinski definition) is 3. The number of aliphatic imine (C=N–C) groups is 1. The second-order valence-corrected chi connectivity index (χ2v) is 9.06. The molecule has 8 nitrogen and oxygen atoms in total. The minimum Gasteiger partial charge on any atom is -0.494 e. The first-order valence-corrected chi connectivity index (χ1v) is 11.8. The minimum atomic E-state index is -0.868. The number of aromatic amines is 1. The molecule has 0 aliphatic carbocycles. The molecule has 0 aliphatic heterocycles. The summed E-state index contributed by atoms with van der Waals surface area (Å²) in [6.45, 7) is 0.800. The van der Waals surface area contributed by atoms with Crippen molar-refractivity contribution >= 4 is 34.2 Å². The molecule has 0 aliphatic rings. The lowest BCUT2D eigenvalue weighted by Crippen LogP contribution is -2.10. The van der Waals surface area contributed by atoms with Crippen molar-refractivity contribution in [2.75, 3.05) is 21.2 Å². The van der Waals surface area contributed by atoms with E-state index >= 15 is 0 Å². The second-order valence-electron chi connectivity index (χ2n) is 9.06. The standard InChI is InChI=1S/C29H29N3O5/c1-32(2)17-19-7-11-22(12-8-19)30-27(20-6-4-5-18(15-20)9-14-25(33)34)26-23-13-10-21(29(36)37-3)16-24(23)31-28(26)35/h4-8,10-13,15-16,31,35H,9,14,17H2,1-3H3,(H,33,34). The van der Waals surface area contributed by atoms with Crippen LogP contribution in [0, 0.1) is 0 Å². The average molecular weight is 500 g/mol. The average Bonchev–Trinajstić information content (AvgIpc) is 3.21. The molecule has 1 heterocycles. The number of esters is 1. The van der Waals surface area contributed by atoms with E-state index in [0.29, 0.717) is 39.8 Å². The quantitative estimate of drug-likeness (QED) is 0.223. The molecule has 0 unspecified atom stereocenters. The normalized spacial score (nSPS) is 11.7. The molecule has 4 aromatic rings. The number of aryl methyl sites for hydroxylation is 1. The summed E-state index contributed by atoms with van der Waals surface area (Å²) in [7, 11) is 5.33. The number of carbonyl (C=O) groups is 2. The van der Waals surface area contributed by atoms with E-state index in [4.69, 9.17) is 14.8 Å². The zero-order chi connectivity index (χ0) is 26.5. The lowest BCUT2D eigenvalue weighted by Gasteiger charge is -2.11. The molecule has 0 bridgehead atoms. The van der Waals surface area contributed by atoms with E-state index in [1.165, 1.54) is 7.11 Å². The van der Waals surface area contributed by atoms with Crippen LogP contribution in [0.3, 0.4) is 0 Å². The molecule has 1 aromatic heterocycles. The Balaban J connectivity index is 1.85. The van der Waals surface area contributed by atoms with Crippen LogP contribution in [0.5, 0.6) is 5.88 Å². The van der Waals surface area contributed by atoms with Crippen molar-refractivity contribution < 1.29 is 24.5 Å². The molecule has 0 amide bonds. The lowest BCUT2D eigenvalue weighted by atomic mass is 9.97. The fraction of sp³-hybridized carbons (Fsp3) is 0.207. The number of rotatable bonds is 9. The van der Waals surface area contributed by atoms with Crippen LogP contribution in [-0.4, -0.2) is 59.0 Å². The van der Waals surface area contributed by atoms with Gasteiger partial charge in [-0.1, -0.05) is 36.4 Å². The van der Waals surface area contributed by atoms with Crippen LogP contribution in [0.1, 0.15) is 39.0 Å². The summed E-state index contributed by atoms with van der Waals surface area (Å²) in [5, 5.41) is 20.8. The molecule has 3 N–H and O–H groups in total. The van der Waals surface area contributed by atoms with Crippen LogP contribution >= 0.6 is 0 Å². The van der Waals surface area contributed by atoms with Crippen molar-refractivity contribution in [2.24, 2.45) is 4.99 Å². The van der Waals surface area contributed by atoms with Crippen LogP contribution < -0.4 is 0 Å². The number of aliphatic carboxylic acids is 1. The van der Waals surface area contributed by atoms with Crippen LogP contribution in [0.2, 0.25) is 0 Å². The number of hydrogen-bond acceptors (Lipinski definition) is 6. The maximum Gasteiger partial charge on any atom is 0.337 e. The van der Waals surface area contributed by atoms with Crippen LogP contribution in [0.4, 0.5) is 5.69 Å². The fourth-order valence-corrected chi connectivity index (χ4v) is 4.23. The van der Waals surface area contributed by atoms with Gasteiger partial charge in [0.1, 0.15) is 0 Å². The van der Waals surface area contributed by atoms with Crippen molar-refractivity contribution in [1.29, 1.82) is 0 Å². The lowest BCUT2D eigenvalue weighted by molar-refractivity contribution is -0.136. The Morgan fingerprint density at radius 1 is 0.973 bits per heavy atom. The van der Waals surface area contributed by atoms with Crippen molar-refractivity contribution in [3.63, 3.8) is 0 Å². The summed E-state index contributed by atoms with van der Waals surface area (Å²) in [4.78, 5) is 33.1. The number of carbonyl (C=O) groups excluding carboxylic acids is 1. The van der Waals surface area contributed by atoms with Crippen LogP contribution in [0.25, 0.3) is 10.9 Å². The third-order valence-corrected chi connectivity index (χ3v) is 5.94. The monoisotopic (exact) mass is 499 g/mol. The van der Waals surface area contributed by atoms with E-state index in [-0.39, 0.29) is 12.3 Å². The topological polar surface area (TPSA) is 115 Å². The molecule has 3 aromatic carbocycles. The van der Waals surface area contributed by atoms with Gasteiger partial charge in [-0.2, -0.15) is 0 Å². The molecule has 0 fully saturated rings. The number of aromatic hydroxyl groups is 1. The molecule has 37 heavy (non-hydrogen) atoms. The Kier molecular flexibility index (Phi) is 7.69. The third-order valence-electron chi connectivity index (χ3n) is 5.94. The largest absolute Gasteiger partial charge is 0.494 e. The predicted octanol–water partition coefficient (Wildman–Crippen LogP) is 4.91. The van der Waals surface area contributed by atoms with Gasteiger partial charge in [0.05, 0.1) is 29.6 Å². The van der Waals surface area contributed by atoms with E-state index in [1.54, 1.807) is 18.2 Å². The Morgan fingerprint density at radius 2 is 1.73 bits per heavy atom. The second kappa shape index (κ2) is 11.1. The number of fused-ring (bicyclic) bond motifs is 1. The molecular weight excluding hydrogens is 470 g/mol. The van der Waals surface area contributed by atoms with Crippen LogP contribution in [0.15, 0.2) is 71.7 Å². The molecular formula is C29H29N3O5. The molecule has 190 valence electrons. The van der Waals surface area contributed by atoms with Crippen molar-refractivity contribution in [3.8, 4) is 5.88 Å².